The first-order valence-electron chi connectivity index (χ1n) is 9.81. The third kappa shape index (κ3) is 5.05. The lowest BCUT2D eigenvalue weighted by Gasteiger charge is -2.29. The number of piperidine rings is 1. The summed E-state index contributed by atoms with van der Waals surface area (Å²) >= 11 is 0. The molecule has 6 heteroatoms. The van der Waals surface area contributed by atoms with Crippen molar-refractivity contribution in [1.82, 2.24) is 19.7 Å². The van der Waals surface area contributed by atoms with Crippen LogP contribution in [0.4, 0.5) is 0 Å². The zero-order valence-corrected chi connectivity index (χ0v) is 15.7. The van der Waals surface area contributed by atoms with Crippen LogP contribution >= 0.6 is 0 Å². The molecule has 2 aliphatic heterocycles. The lowest BCUT2D eigenvalue weighted by molar-refractivity contribution is -0.132. The number of nitrogens with zero attached hydrogens (tertiary/aromatic N) is 4. The predicted octanol–water partition coefficient (Wildman–Crippen LogP) is 2.15. The summed E-state index contributed by atoms with van der Waals surface area (Å²) in [6.45, 7) is 11.0. The number of aryl methyl sites for hydroxylation is 1. The van der Waals surface area contributed by atoms with E-state index >= 15 is 0 Å². The number of hydrogen-bond donors (Lipinski definition) is 0. The minimum atomic E-state index is 0.110. The van der Waals surface area contributed by atoms with Crippen LogP contribution in [0.2, 0.25) is 0 Å². The molecule has 0 bridgehead atoms. The molecule has 2 aliphatic rings. The number of aromatic nitrogens is 1. The molecule has 25 heavy (non-hydrogen) atoms. The van der Waals surface area contributed by atoms with Gasteiger partial charge in [-0.25, -0.2) is 4.98 Å². The first kappa shape index (κ1) is 18.4. The lowest BCUT2D eigenvalue weighted by atomic mass is 10.1. The van der Waals surface area contributed by atoms with Crippen molar-refractivity contribution in [2.75, 3.05) is 39.3 Å². The normalized spacial score (nSPS) is 22.4. The topological polar surface area (TPSA) is 52.8 Å². The monoisotopic (exact) mass is 348 g/mol. The number of amides is 1. The summed E-state index contributed by atoms with van der Waals surface area (Å²) in [6.07, 6.45) is 7.72. The van der Waals surface area contributed by atoms with Gasteiger partial charge < -0.3 is 14.2 Å². The highest BCUT2D eigenvalue weighted by atomic mass is 16.4. The van der Waals surface area contributed by atoms with Crippen molar-refractivity contribution in [2.45, 2.75) is 58.5 Å². The van der Waals surface area contributed by atoms with Crippen LogP contribution < -0.4 is 0 Å². The first-order chi connectivity index (χ1) is 12.2. The van der Waals surface area contributed by atoms with E-state index in [2.05, 4.69) is 14.8 Å². The van der Waals surface area contributed by atoms with Gasteiger partial charge in [0.2, 0.25) is 11.8 Å². The Kier molecular flexibility index (Phi) is 6.48. The van der Waals surface area contributed by atoms with E-state index in [9.17, 15) is 4.79 Å². The average molecular weight is 348 g/mol. The Morgan fingerprint density at radius 1 is 1.24 bits per heavy atom. The molecule has 1 aromatic heterocycles. The number of rotatable bonds is 7. The van der Waals surface area contributed by atoms with E-state index in [1.165, 1.54) is 32.4 Å². The average Bonchev–Trinajstić information content (AvgIpc) is 3.27. The molecule has 6 nitrogen and oxygen atoms in total. The van der Waals surface area contributed by atoms with Crippen molar-refractivity contribution in [1.29, 1.82) is 0 Å². The molecule has 1 aromatic rings. The van der Waals surface area contributed by atoms with Crippen LogP contribution in [0.3, 0.4) is 0 Å². The fourth-order valence-electron chi connectivity index (χ4n) is 3.96. The minimum absolute atomic E-state index is 0.110. The zero-order chi connectivity index (χ0) is 17.6. The van der Waals surface area contributed by atoms with Gasteiger partial charge in [0, 0.05) is 45.6 Å². The van der Waals surface area contributed by atoms with E-state index in [-0.39, 0.29) is 11.9 Å². The maximum Gasteiger partial charge on any atom is 0.220 e. The number of hydrogen-bond acceptors (Lipinski definition) is 5. The predicted molar refractivity (Wildman–Crippen MR) is 97.2 cm³/mol. The Hall–Kier alpha value is -1.40. The van der Waals surface area contributed by atoms with Crippen LogP contribution in [0.25, 0.3) is 0 Å². The fourth-order valence-corrected chi connectivity index (χ4v) is 3.96. The van der Waals surface area contributed by atoms with Crippen molar-refractivity contribution in [3.8, 4) is 0 Å². The van der Waals surface area contributed by atoms with Gasteiger partial charge in [-0.3, -0.25) is 9.69 Å². The molecule has 0 radical (unpaired) electrons. The van der Waals surface area contributed by atoms with Gasteiger partial charge in [0.15, 0.2) is 0 Å². The number of likely N-dealkylation sites (tertiary alicyclic amines) is 2. The number of carbonyl (C=O) groups excluding carboxylic acids is 1. The van der Waals surface area contributed by atoms with E-state index in [1.54, 1.807) is 13.1 Å². The lowest BCUT2D eigenvalue weighted by Crippen LogP contribution is -2.42. The summed E-state index contributed by atoms with van der Waals surface area (Å²) in [6, 6.07) is 0.274. The molecule has 0 aliphatic carbocycles. The molecular weight excluding hydrogens is 316 g/mol. The summed E-state index contributed by atoms with van der Waals surface area (Å²) in [5, 5.41) is 0. The van der Waals surface area contributed by atoms with Crippen LogP contribution in [0.5, 0.6) is 0 Å². The van der Waals surface area contributed by atoms with Crippen molar-refractivity contribution in [3.63, 3.8) is 0 Å². The van der Waals surface area contributed by atoms with Crippen LogP contribution in [0, 0.1) is 0 Å². The molecule has 0 N–H and O–H groups in total. The molecule has 0 aromatic carbocycles. The Balaban J connectivity index is 1.49. The van der Waals surface area contributed by atoms with Gasteiger partial charge in [-0.2, -0.15) is 0 Å². The van der Waals surface area contributed by atoms with Gasteiger partial charge in [-0.1, -0.05) is 13.3 Å². The molecule has 3 heterocycles. The van der Waals surface area contributed by atoms with E-state index in [4.69, 9.17) is 4.42 Å². The van der Waals surface area contributed by atoms with Crippen molar-refractivity contribution in [3.05, 3.63) is 17.8 Å². The Bertz CT molecular complexity index is 553. The Morgan fingerprint density at radius 2 is 2.00 bits per heavy atom. The van der Waals surface area contributed by atoms with Crippen LogP contribution in [-0.4, -0.2) is 70.9 Å². The fraction of sp³-hybridized carbons (Fsp3) is 0.789. The van der Waals surface area contributed by atoms with Gasteiger partial charge in [-0.05, 0) is 32.4 Å². The van der Waals surface area contributed by atoms with E-state index in [0.717, 1.165) is 44.8 Å². The Morgan fingerprint density at radius 3 is 2.68 bits per heavy atom. The Labute approximate surface area is 151 Å². The molecule has 1 amide bonds. The highest BCUT2D eigenvalue weighted by Gasteiger charge is 2.30. The maximum absolute atomic E-state index is 12.2. The SMILES string of the molecule is CCc1cnc(CN(C(C)=O)[C@@H]2CCN(CCN3CCCCC3)C2)o1. The second kappa shape index (κ2) is 8.81. The van der Waals surface area contributed by atoms with Crippen molar-refractivity contribution >= 4 is 5.91 Å². The number of carbonyl (C=O) groups is 1. The minimum Gasteiger partial charge on any atom is -0.444 e. The van der Waals surface area contributed by atoms with Gasteiger partial charge in [0.05, 0.1) is 12.7 Å². The van der Waals surface area contributed by atoms with Crippen LogP contribution in [0.15, 0.2) is 10.6 Å². The first-order valence-corrected chi connectivity index (χ1v) is 9.81. The number of oxazole rings is 1. The van der Waals surface area contributed by atoms with Crippen molar-refractivity contribution in [2.24, 2.45) is 0 Å². The molecular formula is C19H32N4O2. The van der Waals surface area contributed by atoms with E-state index < -0.39 is 0 Å². The summed E-state index contributed by atoms with van der Waals surface area (Å²) in [7, 11) is 0. The molecule has 1 atom stereocenters. The maximum atomic E-state index is 12.2. The summed E-state index contributed by atoms with van der Waals surface area (Å²) in [5.41, 5.74) is 0. The smallest absolute Gasteiger partial charge is 0.220 e. The van der Waals surface area contributed by atoms with Crippen LogP contribution in [0.1, 0.15) is 51.2 Å². The van der Waals surface area contributed by atoms with Gasteiger partial charge in [-0.15, -0.1) is 0 Å². The molecule has 0 unspecified atom stereocenters. The summed E-state index contributed by atoms with van der Waals surface area (Å²) < 4.78 is 5.70. The third-order valence-electron chi connectivity index (χ3n) is 5.53. The second-order valence-electron chi connectivity index (χ2n) is 7.37. The molecule has 2 fully saturated rings. The highest BCUT2D eigenvalue weighted by Crippen LogP contribution is 2.19. The van der Waals surface area contributed by atoms with Gasteiger partial charge in [0.1, 0.15) is 5.76 Å². The van der Waals surface area contributed by atoms with Gasteiger partial charge >= 0.3 is 0 Å². The zero-order valence-electron chi connectivity index (χ0n) is 15.7. The quantitative estimate of drug-likeness (QED) is 0.756. The largest absolute Gasteiger partial charge is 0.444 e. The second-order valence-corrected chi connectivity index (χ2v) is 7.37. The van der Waals surface area contributed by atoms with Crippen LogP contribution in [-0.2, 0) is 17.8 Å². The van der Waals surface area contributed by atoms with E-state index in [1.807, 2.05) is 11.8 Å². The highest BCUT2D eigenvalue weighted by molar-refractivity contribution is 5.73. The molecule has 140 valence electrons. The van der Waals surface area contributed by atoms with Crippen molar-refractivity contribution < 1.29 is 9.21 Å². The van der Waals surface area contributed by atoms with E-state index in [0.29, 0.717) is 12.4 Å². The molecule has 3 rings (SSSR count). The molecule has 0 saturated carbocycles. The molecule has 0 spiro atoms. The summed E-state index contributed by atoms with van der Waals surface area (Å²) in [4.78, 5) is 23.5. The standard InChI is InChI=1S/C19H32N4O2/c1-3-18-13-20-19(25-18)15-23(16(2)24)17-7-10-22(14-17)12-11-21-8-5-4-6-9-21/h13,17H,3-12,14-15H2,1-2H3/t17-/m1/s1. The molecule has 2 saturated heterocycles. The third-order valence-corrected chi connectivity index (χ3v) is 5.53. The van der Waals surface area contributed by atoms with Gasteiger partial charge in [0.25, 0.3) is 0 Å². The summed E-state index contributed by atoms with van der Waals surface area (Å²) in [5.74, 6) is 1.64.